The summed E-state index contributed by atoms with van der Waals surface area (Å²) in [4.78, 5) is 18.8. The molecule has 4 nitrogen and oxygen atoms in total. The molecule has 1 atom stereocenters. The fourth-order valence-corrected chi connectivity index (χ4v) is 2.64. The summed E-state index contributed by atoms with van der Waals surface area (Å²) >= 11 is 0. The molecule has 2 aromatic rings. The standard InChI is InChI=1S/C19H21N3O/c1-15-13-22(14-17-10-6-3-7-11-17)19(21-18(15)23)20-12-16-8-4-2-5-9-16/h2-11,15H,12-14H2,1H3,(H,20,21,23). The van der Waals surface area contributed by atoms with Crippen LogP contribution >= 0.6 is 0 Å². The number of benzene rings is 2. The van der Waals surface area contributed by atoms with Gasteiger partial charge in [0.15, 0.2) is 0 Å². The summed E-state index contributed by atoms with van der Waals surface area (Å²) < 4.78 is 0. The third-order valence-electron chi connectivity index (χ3n) is 3.95. The Morgan fingerprint density at radius 1 is 1.04 bits per heavy atom. The molecule has 3 rings (SSSR count). The van der Waals surface area contributed by atoms with Crippen LogP contribution in [0.3, 0.4) is 0 Å². The molecule has 1 aliphatic heterocycles. The summed E-state index contributed by atoms with van der Waals surface area (Å²) in [5.74, 6) is 0.677. The van der Waals surface area contributed by atoms with Gasteiger partial charge in [0.05, 0.1) is 12.5 Å². The van der Waals surface area contributed by atoms with Crippen molar-refractivity contribution in [3.8, 4) is 0 Å². The number of carbonyl (C=O) groups excluding carboxylic acids is 1. The molecule has 1 saturated heterocycles. The summed E-state index contributed by atoms with van der Waals surface area (Å²) in [6, 6.07) is 20.3. The summed E-state index contributed by atoms with van der Waals surface area (Å²) in [5, 5.41) is 2.94. The molecular formula is C19H21N3O. The molecule has 4 heteroatoms. The van der Waals surface area contributed by atoms with E-state index in [4.69, 9.17) is 0 Å². The van der Waals surface area contributed by atoms with E-state index in [0.717, 1.165) is 12.1 Å². The minimum Gasteiger partial charge on any atom is -0.338 e. The Hall–Kier alpha value is -2.62. The van der Waals surface area contributed by atoms with Gasteiger partial charge in [0, 0.05) is 13.1 Å². The van der Waals surface area contributed by atoms with Crippen molar-refractivity contribution < 1.29 is 4.79 Å². The second-order valence-electron chi connectivity index (χ2n) is 5.88. The topological polar surface area (TPSA) is 44.7 Å². The number of nitrogens with zero attached hydrogens (tertiary/aromatic N) is 2. The molecule has 23 heavy (non-hydrogen) atoms. The number of carbonyl (C=O) groups is 1. The smallest absolute Gasteiger partial charge is 0.231 e. The van der Waals surface area contributed by atoms with E-state index in [1.54, 1.807) is 0 Å². The van der Waals surface area contributed by atoms with Crippen LogP contribution in [0.15, 0.2) is 65.7 Å². The number of hydrogen-bond acceptors (Lipinski definition) is 2. The van der Waals surface area contributed by atoms with Gasteiger partial charge in [-0.05, 0) is 11.1 Å². The SMILES string of the molecule is CC1CN(Cc2ccccc2)C(=NCc2ccccc2)NC1=O. The number of aliphatic imine (C=N–C) groups is 1. The van der Waals surface area contributed by atoms with Crippen molar-refractivity contribution in [3.05, 3.63) is 71.8 Å². The third-order valence-corrected chi connectivity index (χ3v) is 3.95. The van der Waals surface area contributed by atoms with Gasteiger partial charge in [-0.1, -0.05) is 67.6 Å². The van der Waals surface area contributed by atoms with Gasteiger partial charge in [0.25, 0.3) is 0 Å². The Kier molecular flexibility index (Phi) is 4.71. The molecule has 2 aromatic carbocycles. The minimum atomic E-state index is -0.0330. The summed E-state index contributed by atoms with van der Waals surface area (Å²) in [5.41, 5.74) is 2.34. The lowest BCUT2D eigenvalue weighted by Crippen LogP contribution is -2.54. The zero-order valence-corrected chi connectivity index (χ0v) is 13.3. The largest absolute Gasteiger partial charge is 0.338 e. The first kappa shape index (κ1) is 15.3. The molecule has 0 saturated carbocycles. The molecule has 0 spiro atoms. The van der Waals surface area contributed by atoms with Gasteiger partial charge in [0.1, 0.15) is 0 Å². The van der Waals surface area contributed by atoms with Crippen LogP contribution in [-0.4, -0.2) is 23.3 Å². The highest BCUT2D eigenvalue weighted by molar-refractivity contribution is 6.00. The fraction of sp³-hybridized carbons (Fsp3) is 0.263. The van der Waals surface area contributed by atoms with E-state index >= 15 is 0 Å². The Labute approximate surface area is 136 Å². The van der Waals surface area contributed by atoms with Crippen LogP contribution < -0.4 is 5.32 Å². The zero-order chi connectivity index (χ0) is 16.1. The third kappa shape index (κ3) is 3.97. The van der Waals surface area contributed by atoms with Crippen molar-refractivity contribution in [2.24, 2.45) is 10.9 Å². The molecule has 1 N–H and O–H groups in total. The molecule has 0 radical (unpaired) electrons. The quantitative estimate of drug-likeness (QED) is 0.944. The molecule has 118 valence electrons. The maximum Gasteiger partial charge on any atom is 0.231 e. The van der Waals surface area contributed by atoms with E-state index in [1.807, 2.05) is 55.5 Å². The van der Waals surface area contributed by atoms with Crippen molar-refractivity contribution >= 4 is 11.9 Å². The predicted octanol–water partition coefficient (Wildman–Crippen LogP) is 2.81. The maximum absolute atomic E-state index is 12.0. The number of hydrogen-bond donors (Lipinski definition) is 1. The van der Waals surface area contributed by atoms with Crippen LogP contribution in [0.25, 0.3) is 0 Å². The highest BCUT2D eigenvalue weighted by atomic mass is 16.2. The molecule has 0 aliphatic carbocycles. The first-order valence-electron chi connectivity index (χ1n) is 7.90. The average Bonchev–Trinajstić information content (AvgIpc) is 2.58. The van der Waals surface area contributed by atoms with Gasteiger partial charge < -0.3 is 4.90 Å². The summed E-state index contributed by atoms with van der Waals surface area (Å²) in [6.07, 6.45) is 0. The van der Waals surface area contributed by atoms with Gasteiger partial charge in [-0.3, -0.25) is 10.1 Å². The van der Waals surface area contributed by atoms with Crippen LogP contribution in [0.2, 0.25) is 0 Å². The van der Waals surface area contributed by atoms with Crippen molar-refractivity contribution in [2.75, 3.05) is 6.54 Å². The highest BCUT2D eigenvalue weighted by Gasteiger charge is 2.27. The molecule has 0 bridgehead atoms. The maximum atomic E-state index is 12.0. The Bertz CT molecular complexity index is 682. The van der Waals surface area contributed by atoms with Gasteiger partial charge in [0.2, 0.25) is 11.9 Å². The minimum absolute atomic E-state index is 0.0330. The Morgan fingerprint density at radius 2 is 1.65 bits per heavy atom. The van der Waals surface area contributed by atoms with Crippen molar-refractivity contribution in [3.63, 3.8) is 0 Å². The lowest BCUT2D eigenvalue weighted by molar-refractivity contribution is -0.124. The molecule has 0 aromatic heterocycles. The molecule has 1 aliphatic rings. The Balaban J connectivity index is 1.77. The summed E-state index contributed by atoms with van der Waals surface area (Å²) in [7, 11) is 0. The van der Waals surface area contributed by atoms with Gasteiger partial charge >= 0.3 is 0 Å². The van der Waals surface area contributed by atoms with E-state index in [2.05, 4.69) is 27.3 Å². The number of rotatable bonds is 4. The van der Waals surface area contributed by atoms with Crippen molar-refractivity contribution in [1.82, 2.24) is 10.2 Å². The molecule has 1 fully saturated rings. The van der Waals surface area contributed by atoms with E-state index in [9.17, 15) is 4.79 Å². The molecule has 1 heterocycles. The number of guanidine groups is 1. The first-order chi connectivity index (χ1) is 11.2. The van der Waals surface area contributed by atoms with Gasteiger partial charge in [-0.25, -0.2) is 4.99 Å². The lowest BCUT2D eigenvalue weighted by atomic mass is 10.1. The van der Waals surface area contributed by atoms with Gasteiger partial charge in [-0.2, -0.15) is 0 Å². The normalized spacial score (nSPS) is 19.7. The van der Waals surface area contributed by atoms with E-state index in [-0.39, 0.29) is 11.8 Å². The zero-order valence-electron chi connectivity index (χ0n) is 13.3. The monoisotopic (exact) mass is 307 g/mol. The molecule has 1 unspecified atom stereocenters. The number of amides is 1. The van der Waals surface area contributed by atoms with Crippen LogP contribution in [0.4, 0.5) is 0 Å². The number of nitrogens with one attached hydrogen (secondary N) is 1. The van der Waals surface area contributed by atoms with Crippen molar-refractivity contribution in [2.45, 2.75) is 20.0 Å². The van der Waals surface area contributed by atoms with Gasteiger partial charge in [-0.15, -0.1) is 0 Å². The van der Waals surface area contributed by atoms with E-state index in [1.165, 1.54) is 5.56 Å². The molecule has 1 amide bonds. The van der Waals surface area contributed by atoms with Crippen LogP contribution in [-0.2, 0) is 17.9 Å². The average molecular weight is 307 g/mol. The second kappa shape index (κ2) is 7.09. The van der Waals surface area contributed by atoms with E-state index < -0.39 is 0 Å². The molecular weight excluding hydrogens is 286 g/mol. The highest BCUT2D eigenvalue weighted by Crippen LogP contribution is 2.13. The van der Waals surface area contributed by atoms with E-state index in [0.29, 0.717) is 19.0 Å². The van der Waals surface area contributed by atoms with Crippen LogP contribution in [0.1, 0.15) is 18.1 Å². The first-order valence-corrected chi connectivity index (χ1v) is 7.90. The lowest BCUT2D eigenvalue weighted by Gasteiger charge is -2.33. The summed E-state index contributed by atoms with van der Waals surface area (Å²) in [6.45, 7) is 3.95. The fourth-order valence-electron chi connectivity index (χ4n) is 2.64. The second-order valence-corrected chi connectivity index (χ2v) is 5.88. The van der Waals surface area contributed by atoms with Crippen molar-refractivity contribution in [1.29, 1.82) is 0 Å². The van der Waals surface area contributed by atoms with Crippen LogP contribution in [0.5, 0.6) is 0 Å². The van der Waals surface area contributed by atoms with Crippen LogP contribution in [0, 0.1) is 5.92 Å². The Morgan fingerprint density at radius 3 is 2.30 bits per heavy atom. The predicted molar refractivity (Wildman–Crippen MR) is 91.7 cm³/mol.